The summed E-state index contributed by atoms with van der Waals surface area (Å²) in [6.45, 7) is 0. The number of H-pyrrole nitrogens is 1. The van der Waals surface area contributed by atoms with Gasteiger partial charge < -0.3 is 4.98 Å². The van der Waals surface area contributed by atoms with Crippen molar-refractivity contribution < 1.29 is 18.0 Å². The molecule has 1 rings (SSSR count). The van der Waals surface area contributed by atoms with Crippen LogP contribution in [0.2, 0.25) is 0 Å². The van der Waals surface area contributed by atoms with E-state index in [1.54, 1.807) is 4.98 Å². The quantitative estimate of drug-likeness (QED) is 0.715. The molecule has 70 valence electrons. The predicted octanol–water partition coefficient (Wildman–Crippen LogP) is 1.26. The van der Waals surface area contributed by atoms with Crippen molar-refractivity contribution in [1.82, 2.24) is 4.98 Å². The summed E-state index contributed by atoms with van der Waals surface area (Å²) in [5.41, 5.74) is -2.76. The van der Waals surface area contributed by atoms with Gasteiger partial charge >= 0.3 is 0 Å². The highest BCUT2D eigenvalue weighted by Crippen LogP contribution is 2.19. The zero-order valence-electron chi connectivity index (χ0n) is 6.18. The first kappa shape index (κ1) is 9.50. The number of hydrogen-bond donors (Lipinski definition) is 1. The lowest BCUT2D eigenvalue weighted by atomic mass is 10.2. The number of aromatic amines is 1. The molecule has 0 radical (unpaired) electrons. The first-order valence-electron chi connectivity index (χ1n) is 3.22. The molecule has 1 heterocycles. The zero-order chi connectivity index (χ0) is 10.0. The molecule has 0 amide bonds. The van der Waals surface area contributed by atoms with Crippen LogP contribution in [0.25, 0.3) is 0 Å². The van der Waals surface area contributed by atoms with Crippen LogP contribution in [-0.4, -0.2) is 11.3 Å². The van der Waals surface area contributed by atoms with Crippen LogP contribution in [0.3, 0.4) is 0 Å². The average Bonchev–Trinajstić information content (AvgIpc) is 2.09. The van der Waals surface area contributed by atoms with Gasteiger partial charge in [-0.25, -0.2) is 13.2 Å². The summed E-state index contributed by atoms with van der Waals surface area (Å²) < 4.78 is 36.7. The van der Waals surface area contributed by atoms with Gasteiger partial charge in [0.15, 0.2) is 12.1 Å². The molecule has 0 atom stereocenters. The lowest BCUT2D eigenvalue weighted by Gasteiger charge is -2.00. The highest BCUT2D eigenvalue weighted by atomic mass is 19.3. The van der Waals surface area contributed by atoms with Crippen LogP contribution in [-0.2, 0) is 0 Å². The third-order valence-corrected chi connectivity index (χ3v) is 1.38. The molecule has 1 aromatic heterocycles. The minimum atomic E-state index is -3.11. The van der Waals surface area contributed by atoms with Crippen LogP contribution in [0.1, 0.15) is 22.5 Å². The summed E-state index contributed by atoms with van der Waals surface area (Å²) in [6, 6.07) is 0.606. The maximum atomic E-state index is 12.6. The van der Waals surface area contributed by atoms with Crippen molar-refractivity contribution >= 4 is 6.29 Å². The second-order valence-electron chi connectivity index (χ2n) is 2.24. The Balaban J connectivity index is 3.41. The largest absolute Gasteiger partial charge is 0.317 e. The number of nitrogens with one attached hydrogen (secondary N) is 1. The predicted molar refractivity (Wildman–Crippen MR) is 37.4 cm³/mol. The third-order valence-electron chi connectivity index (χ3n) is 1.38. The fourth-order valence-corrected chi connectivity index (χ4v) is 0.806. The molecule has 0 fully saturated rings. The molecule has 0 aliphatic carbocycles. The molecule has 6 heteroatoms. The lowest BCUT2D eigenvalue weighted by Crippen LogP contribution is -2.16. The van der Waals surface area contributed by atoms with E-state index in [1.807, 2.05) is 0 Å². The van der Waals surface area contributed by atoms with Crippen LogP contribution >= 0.6 is 0 Å². The molecular formula is C7H4F3NO2. The molecule has 13 heavy (non-hydrogen) atoms. The Labute approximate surface area is 70.2 Å². The molecule has 1 N–H and O–H groups in total. The van der Waals surface area contributed by atoms with Crippen LogP contribution < -0.4 is 5.56 Å². The molecule has 0 saturated carbocycles. The summed E-state index contributed by atoms with van der Waals surface area (Å²) in [6.07, 6.45) is -2.95. The number of carbonyl (C=O) groups is 1. The van der Waals surface area contributed by atoms with E-state index >= 15 is 0 Å². The van der Waals surface area contributed by atoms with Crippen molar-refractivity contribution in [1.29, 1.82) is 0 Å². The molecule has 0 saturated heterocycles. The molecule has 0 aliphatic rings. The highest BCUT2D eigenvalue weighted by molar-refractivity contribution is 5.71. The second-order valence-corrected chi connectivity index (χ2v) is 2.24. The van der Waals surface area contributed by atoms with Crippen molar-refractivity contribution in [3.05, 3.63) is 33.5 Å². The van der Waals surface area contributed by atoms with Gasteiger partial charge in [0, 0.05) is 0 Å². The van der Waals surface area contributed by atoms with Crippen LogP contribution in [0.4, 0.5) is 13.2 Å². The fraction of sp³-hybridized carbons (Fsp3) is 0.143. The van der Waals surface area contributed by atoms with Crippen molar-refractivity contribution in [3.63, 3.8) is 0 Å². The normalized spacial score (nSPS) is 10.5. The Morgan fingerprint density at radius 2 is 2.08 bits per heavy atom. The van der Waals surface area contributed by atoms with E-state index in [1.165, 1.54) is 0 Å². The highest BCUT2D eigenvalue weighted by Gasteiger charge is 2.17. The zero-order valence-corrected chi connectivity index (χ0v) is 6.18. The monoisotopic (exact) mass is 191 g/mol. The Morgan fingerprint density at radius 3 is 2.54 bits per heavy atom. The van der Waals surface area contributed by atoms with Gasteiger partial charge in [0.2, 0.25) is 0 Å². The number of hydrogen-bond acceptors (Lipinski definition) is 2. The Kier molecular flexibility index (Phi) is 2.50. The van der Waals surface area contributed by atoms with Gasteiger partial charge in [-0.1, -0.05) is 0 Å². The summed E-state index contributed by atoms with van der Waals surface area (Å²) in [4.78, 5) is 22.5. The van der Waals surface area contributed by atoms with Crippen molar-refractivity contribution in [2.75, 3.05) is 0 Å². The molecule has 3 nitrogen and oxygen atoms in total. The summed E-state index contributed by atoms with van der Waals surface area (Å²) in [5, 5.41) is 0. The SMILES string of the molecule is O=Cc1cc(C(F)F)c(F)c(=O)[nH]1. The maximum absolute atomic E-state index is 12.6. The maximum Gasteiger partial charge on any atom is 0.285 e. The fourth-order valence-electron chi connectivity index (χ4n) is 0.806. The van der Waals surface area contributed by atoms with Crippen LogP contribution in [0, 0.1) is 5.82 Å². The van der Waals surface area contributed by atoms with Crippen molar-refractivity contribution in [2.45, 2.75) is 6.43 Å². The molecule has 0 aliphatic heterocycles. The number of aldehydes is 1. The number of aromatic nitrogens is 1. The van der Waals surface area contributed by atoms with E-state index < -0.39 is 23.4 Å². The molecule has 0 bridgehead atoms. The third kappa shape index (κ3) is 1.77. The Hall–Kier alpha value is -1.59. The van der Waals surface area contributed by atoms with E-state index in [9.17, 15) is 22.8 Å². The Bertz CT molecular complexity index is 386. The van der Waals surface area contributed by atoms with Gasteiger partial charge in [0.25, 0.3) is 12.0 Å². The summed E-state index contributed by atoms with van der Waals surface area (Å²) in [5.74, 6) is -1.56. The molecular weight excluding hydrogens is 187 g/mol. The van der Waals surface area contributed by atoms with Gasteiger partial charge in [0.05, 0.1) is 11.3 Å². The molecule has 0 spiro atoms. The van der Waals surface area contributed by atoms with Gasteiger partial charge in [-0.15, -0.1) is 0 Å². The van der Waals surface area contributed by atoms with E-state index in [-0.39, 0.29) is 12.0 Å². The van der Waals surface area contributed by atoms with E-state index in [0.29, 0.717) is 6.07 Å². The number of alkyl halides is 2. The molecule has 0 aromatic carbocycles. The standard InChI is InChI=1S/C7H4F3NO2/c8-5-4(6(9)10)1-3(2-12)11-7(5)13/h1-2,6H,(H,11,13). The van der Waals surface area contributed by atoms with Gasteiger partial charge in [-0.3, -0.25) is 9.59 Å². The van der Waals surface area contributed by atoms with Gasteiger partial charge in [0.1, 0.15) is 0 Å². The number of carbonyl (C=O) groups excluding carboxylic acids is 1. The minimum Gasteiger partial charge on any atom is -0.317 e. The molecule has 1 aromatic rings. The number of pyridine rings is 1. The van der Waals surface area contributed by atoms with E-state index in [4.69, 9.17) is 0 Å². The van der Waals surface area contributed by atoms with Crippen molar-refractivity contribution in [3.8, 4) is 0 Å². The summed E-state index contributed by atoms with van der Waals surface area (Å²) >= 11 is 0. The van der Waals surface area contributed by atoms with Crippen LogP contribution in [0.5, 0.6) is 0 Å². The Morgan fingerprint density at radius 1 is 1.46 bits per heavy atom. The lowest BCUT2D eigenvalue weighted by molar-refractivity contribution is 0.111. The summed E-state index contributed by atoms with van der Waals surface area (Å²) in [7, 11) is 0. The first-order valence-corrected chi connectivity index (χ1v) is 3.22. The van der Waals surface area contributed by atoms with E-state index in [2.05, 4.69) is 0 Å². The number of halogens is 3. The topological polar surface area (TPSA) is 49.9 Å². The van der Waals surface area contributed by atoms with Gasteiger partial charge in [-0.2, -0.15) is 0 Å². The first-order chi connectivity index (χ1) is 6.06. The minimum absolute atomic E-state index is 0.159. The van der Waals surface area contributed by atoms with Crippen LogP contribution in [0.15, 0.2) is 10.9 Å². The second kappa shape index (κ2) is 3.42. The van der Waals surface area contributed by atoms with Crippen molar-refractivity contribution in [2.24, 2.45) is 0 Å². The average molecular weight is 191 g/mol. The number of rotatable bonds is 2. The smallest absolute Gasteiger partial charge is 0.285 e. The van der Waals surface area contributed by atoms with E-state index in [0.717, 1.165) is 0 Å². The van der Waals surface area contributed by atoms with Gasteiger partial charge in [-0.05, 0) is 6.07 Å². The molecule has 0 unspecified atom stereocenters.